The van der Waals surface area contributed by atoms with E-state index in [0.29, 0.717) is 10.0 Å². The summed E-state index contributed by atoms with van der Waals surface area (Å²) in [4.78, 5) is 13.8. The Labute approximate surface area is 103 Å². The van der Waals surface area contributed by atoms with Crippen LogP contribution in [0.4, 0.5) is 0 Å². The SMILES string of the molecule is Cc1[nH]c(=O)ccc1-c1ccc(Cl)c(Cl)c1. The van der Waals surface area contributed by atoms with Gasteiger partial charge < -0.3 is 4.98 Å². The largest absolute Gasteiger partial charge is 0.326 e. The van der Waals surface area contributed by atoms with E-state index in [1.165, 1.54) is 6.07 Å². The number of aryl methyl sites for hydroxylation is 1. The molecule has 0 atom stereocenters. The van der Waals surface area contributed by atoms with Crippen LogP contribution in [0, 0.1) is 6.92 Å². The van der Waals surface area contributed by atoms with Crippen molar-refractivity contribution < 1.29 is 0 Å². The standard InChI is InChI=1S/C12H9Cl2NO/c1-7-9(3-5-12(16)15-7)8-2-4-10(13)11(14)6-8/h2-6H,1H3,(H,15,16). The number of aromatic nitrogens is 1. The Morgan fingerprint density at radius 2 is 1.81 bits per heavy atom. The highest BCUT2D eigenvalue weighted by Crippen LogP contribution is 2.29. The molecular formula is C12H9Cl2NO. The lowest BCUT2D eigenvalue weighted by atomic mass is 10.0. The summed E-state index contributed by atoms with van der Waals surface area (Å²) in [6, 6.07) is 8.65. The van der Waals surface area contributed by atoms with Crippen molar-refractivity contribution in [1.29, 1.82) is 0 Å². The van der Waals surface area contributed by atoms with Gasteiger partial charge in [0.25, 0.3) is 0 Å². The molecule has 2 nitrogen and oxygen atoms in total. The van der Waals surface area contributed by atoms with Crippen LogP contribution in [0.15, 0.2) is 35.1 Å². The smallest absolute Gasteiger partial charge is 0.248 e. The van der Waals surface area contributed by atoms with E-state index in [9.17, 15) is 4.79 Å². The van der Waals surface area contributed by atoms with Crippen LogP contribution in [-0.2, 0) is 0 Å². The first-order valence-corrected chi connectivity index (χ1v) is 5.49. The third-order valence-corrected chi connectivity index (χ3v) is 3.09. The molecule has 0 radical (unpaired) electrons. The average molecular weight is 254 g/mol. The maximum absolute atomic E-state index is 11.1. The van der Waals surface area contributed by atoms with Crippen molar-refractivity contribution in [2.45, 2.75) is 6.92 Å². The Morgan fingerprint density at radius 3 is 2.44 bits per heavy atom. The molecule has 1 aromatic heterocycles. The zero-order chi connectivity index (χ0) is 11.7. The van der Waals surface area contributed by atoms with Crippen LogP contribution in [0.1, 0.15) is 5.69 Å². The van der Waals surface area contributed by atoms with Gasteiger partial charge >= 0.3 is 0 Å². The van der Waals surface area contributed by atoms with E-state index in [0.717, 1.165) is 16.8 Å². The van der Waals surface area contributed by atoms with Gasteiger partial charge in [-0.3, -0.25) is 4.79 Å². The van der Waals surface area contributed by atoms with Crippen molar-refractivity contribution in [3.63, 3.8) is 0 Å². The van der Waals surface area contributed by atoms with Crippen molar-refractivity contribution in [1.82, 2.24) is 4.98 Å². The summed E-state index contributed by atoms with van der Waals surface area (Å²) in [5, 5.41) is 1.03. The fourth-order valence-electron chi connectivity index (χ4n) is 1.55. The second-order valence-electron chi connectivity index (χ2n) is 3.49. The maximum Gasteiger partial charge on any atom is 0.248 e. The molecule has 82 valence electrons. The van der Waals surface area contributed by atoms with Crippen molar-refractivity contribution >= 4 is 23.2 Å². The first-order valence-electron chi connectivity index (χ1n) is 4.73. The minimum absolute atomic E-state index is 0.110. The van der Waals surface area contributed by atoms with E-state index in [4.69, 9.17) is 23.2 Å². The molecule has 2 rings (SSSR count). The number of benzene rings is 1. The fourth-order valence-corrected chi connectivity index (χ4v) is 1.85. The third kappa shape index (κ3) is 2.13. The van der Waals surface area contributed by atoms with Gasteiger partial charge in [0, 0.05) is 17.3 Å². The van der Waals surface area contributed by atoms with Gasteiger partial charge in [0.1, 0.15) is 0 Å². The van der Waals surface area contributed by atoms with Crippen LogP contribution in [0.5, 0.6) is 0 Å². The van der Waals surface area contributed by atoms with Crippen LogP contribution >= 0.6 is 23.2 Å². The molecule has 0 aliphatic carbocycles. The molecule has 0 bridgehead atoms. The molecule has 0 fully saturated rings. The first kappa shape index (κ1) is 11.2. The predicted molar refractivity (Wildman–Crippen MR) is 67.3 cm³/mol. The third-order valence-electron chi connectivity index (χ3n) is 2.35. The van der Waals surface area contributed by atoms with E-state index < -0.39 is 0 Å². The lowest BCUT2D eigenvalue weighted by molar-refractivity contribution is 1.15. The molecule has 0 aliphatic rings. The average Bonchev–Trinajstić information content (AvgIpc) is 2.22. The molecule has 0 amide bonds. The van der Waals surface area contributed by atoms with Crippen LogP contribution < -0.4 is 5.56 Å². The summed E-state index contributed by atoms with van der Waals surface area (Å²) in [5.74, 6) is 0. The molecule has 0 aliphatic heterocycles. The predicted octanol–water partition coefficient (Wildman–Crippen LogP) is 3.66. The van der Waals surface area contributed by atoms with Gasteiger partial charge in [0.05, 0.1) is 10.0 Å². The van der Waals surface area contributed by atoms with Gasteiger partial charge in [-0.1, -0.05) is 29.3 Å². The van der Waals surface area contributed by atoms with E-state index in [-0.39, 0.29) is 5.56 Å². The van der Waals surface area contributed by atoms with Gasteiger partial charge in [0.2, 0.25) is 5.56 Å². The number of hydrogen-bond donors (Lipinski definition) is 1. The number of halogens is 2. The molecule has 16 heavy (non-hydrogen) atoms. The monoisotopic (exact) mass is 253 g/mol. The number of nitrogens with one attached hydrogen (secondary N) is 1. The highest BCUT2D eigenvalue weighted by atomic mass is 35.5. The van der Waals surface area contributed by atoms with Gasteiger partial charge in [0.15, 0.2) is 0 Å². The summed E-state index contributed by atoms with van der Waals surface area (Å²) < 4.78 is 0. The Hall–Kier alpha value is -1.25. The number of aromatic amines is 1. The zero-order valence-corrected chi connectivity index (χ0v) is 10.1. The van der Waals surface area contributed by atoms with Gasteiger partial charge in [-0.25, -0.2) is 0 Å². The Morgan fingerprint density at radius 1 is 1.06 bits per heavy atom. The summed E-state index contributed by atoms with van der Waals surface area (Å²) in [5.41, 5.74) is 2.58. The maximum atomic E-state index is 11.1. The lowest BCUT2D eigenvalue weighted by Gasteiger charge is -2.06. The molecule has 1 heterocycles. The van der Waals surface area contributed by atoms with Crippen LogP contribution in [-0.4, -0.2) is 4.98 Å². The van der Waals surface area contributed by atoms with Crippen molar-refractivity contribution in [3.05, 3.63) is 56.4 Å². The molecule has 0 unspecified atom stereocenters. The van der Waals surface area contributed by atoms with Gasteiger partial charge in [-0.15, -0.1) is 0 Å². The molecular weight excluding hydrogens is 245 g/mol. The minimum atomic E-state index is -0.110. The second kappa shape index (κ2) is 4.32. The molecule has 1 N–H and O–H groups in total. The molecule has 0 saturated heterocycles. The summed E-state index contributed by atoms with van der Waals surface area (Å²) in [6.07, 6.45) is 0. The van der Waals surface area contributed by atoms with Crippen molar-refractivity contribution in [2.24, 2.45) is 0 Å². The van der Waals surface area contributed by atoms with E-state index in [1.54, 1.807) is 18.2 Å². The Balaban J connectivity index is 2.59. The fraction of sp³-hybridized carbons (Fsp3) is 0.0833. The zero-order valence-electron chi connectivity index (χ0n) is 8.55. The summed E-state index contributed by atoms with van der Waals surface area (Å²) in [6.45, 7) is 1.85. The molecule has 4 heteroatoms. The summed E-state index contributed by atoms with van der Waals surface area (Å²) in [7, 11) is 0. The highest BCUT2D eigenvalue weighted by Gasteiger charge is 2.05. The van der Waals surface area contributed by atoms with Crippen LogP contribution in [0.25, 0.3) is 11.1 Å². The topological polar surface area (TPSA) is 32.9 Å². The first-order chi connectivity index (χ1) is 7.58. The van der Waals surface area contributed by atoms with Gasteiger partial charge in [-0.2, -0.15) is 0 Å². The molecule has 1 aromatic carbocycles. The van der Waals surface area contributed by atoms with Crippen LogP contribution in [0.2, 0.25) is 10.0 Å². The second-order valence-corrected chi connectivity index (χ2v) is 4.30. The Bertz CT molecular complexity index is 590. The van der Waals surface area contributed by atoms with E-state index in [2.05, 4.69) is 4.98 Å². The molecule has 0 saturated carbocycles. The minimum Gasteiger partial charge on any atom is -0.326 e. The van der Waals surface area contributed by atoms with Crippen molar-refractivity contribution in [2.75, 3.05) is 0 Å². The van der Waals surface area contributed by atoms with Crippen molar-refractivity contribution in [3.8, 4) is 11.1 Å². The van der Waals surface area contributed by atoms with Crippen LogP contribution in [0.3, 0.4) is 0 Å². The quantitative estimate of drug-likeness (QED) is 0.827. The lowest BCUT2D eigenvalue weighted by Crippen LogP contribution is -2.05. The Kier molecular flexibility index (Phi) is 3.03. The number of hydrogen-bond acceptors (Lipinski definition) is 1. The normalized spacial score (nSPS) is 10.4. The highest BCUT2D eigenvalue weighted by molar-refractivity contribution is 6.42. The number of H-pyrrole nitrogens is 1. The summed E-state index contributed by atoms with van der Waals surface area (Å²) >= 11 is 11.8. The molecule has 0 spiro atoms. The van der Waals surface area contributed by atoms with E-state index >= 15 is 0 Å². The number of pyridine rings is 1. The molecule has 2 aromatic rings. The van der Waals surface area contributed by atoms with E-state index in [1.807, 2.05) is 13.0 Å². The number of rotatable bonds is 1. The van der Waals surface area contributed by atoms with Gasteiger partial charge in [-0.05, 0) is 30.7 Å².